The molecular formula is C22H27ClN8O2. The summed E-state index contributed by atoms with van der Waals surface area (Å²) in [6, 6.07) is 5.43. The Morgan fingerprint density at radius 2 is 2.00 bits per heavy atom. The number of benzene rings is 1. The average molecular weight is 471 g/mol. The van der Waals surface area contributed by atoms with Crippen LogP contribution >= 0.6 is 12.4 Å². The molecule has 2 fully saturated rings. The fourth-order valence-electron chi connectivity index (χ4n) is 4.92. The van der Waals surface area contributed by atoms with E-state index in [1.165, 1.54) is 23.3 Å². The third kappa shape index (κ3) is 3.72. The van der Waals surface area contributed by atoms with Gasteiger partial charge in [0.05, 0.1) is 12.8 Å². The first-order valence-corrected chi connectivity index (χ1v) is 11.0. The smallest absolute Gasteiger partial charge is 0.327 e. The van der Waals surface area contributed by atoms with Gasteiger partial charge in [-0.05, 0) is 31.4 Å². The van der Waals surface area contributed by atoms with Gasteiger partial charge in [0.2, 0.25) is 0 Å². The number of hydrogen-bond acceptors (Lipinski definition) is 7. The van der Waals surface area contributed by atoms with Gasteiger partial charge in [0.15, 0.2) is 0 Å². The maximum atomic E-state index is 13.2. The number of anilines is 3. The van der Waals surface area contributed by atoms with Crippen LogP contribution in [-0.4, -0.2) is 64.8 Å². The van der Waals surface area contributed by atoms with E-state index in [1.807, 2.05) is 6.20 Å². The zero-order valence-electron chi connectivity index (χ0n) is 18.7. The number of rotatable bonds is 3. The molecule has 1 saturated carbocycles. The van der Waals surface area contributed by atoms with Gasteiger partial charge in [-0.3, -0.25) is 4.90 Å². The van der Waals surface area contributed by atoms with Crippen molar-refractivity contribution in [1.82, 2.24) is 25.3 Å². The number of urea groups is 1. The number of amides is 2. The first-order chi connectivity index (χ1) is 15.5. The second-order valence-corrected chi connectivity index (χ2v) is 8.82. The number of hydrogen-bond donors (Lipinski definition) is 2. The molecule has 1 saturated heterocycles. The molecule has 4 heterocycles. The molecule has 174 valence electrons. The first kappa shape index (κ1) is 21.7. The van der Waals surface area contributed by atoms with Crippen LogP contribution in [0.5, 0.6) is 5.75 Å². The predicted octanol–water partition coefficient (Wildman–Crippen LogP) is 2.33. The Morgan fingerprint density at radius 3 is 2.76 bits per heavy atom. The summed E-state index contributed by atoms with van der Waals surface area (Å²) in [4.78, 5) is 23.5. The summed E-state index contributed by atoms with van der Waals surface area (Å²) in [7, 11) is 3.34. The molecule has 1 spiro atoms. The Hall–Kier alpha value is -3.11. The molecule has 11 heteroatoms. The molecular weight excluding hydrogens is 444 g/mol. The van der Waals surface area contributed by atoms with Gasteiger partial charge in [-0.15, -0.1) is 12.4 Å². The summed E-state index contributed by atoms with van der Waals surface area (Å²) in [6.07, 6.45) is 5.09. The highest BCUT2D eigenvalue weighted by molar-refractivity contribution is 6.04. The molecule has 3 aromatic rings. The minimum absolute atomic E-state index is 0. The van der Waals surface area contributed by atoms with Crippen molar-refractivity contribution in [2.75, 3.05) is 48.4 Å². The highest BCUT2D eigenvalue weighted by Crippen LogP contribution is 2.41. The van der Waals surface area contributed by atoms with Gasteiger partial charge < -0.3 is 20.3 Å². The molecule has 2 aromatic heterocycles. The minimum Gasteiger partial charge on any atom is -0.494 e. The van der Waals surface area contributed by atoms with Crippen LogP contribution in [0.1, 0.15) is 18.4 Å². The summed E-state index contributed by atoms with van der Waals surface area (Å²) in [5, 5.41) is 15.3. The summed E-state index contributed by atoms with van der Waals surface area (Å²) in [6.45, 7) is 3.58. The monoisotopic (exact) mass is 470 g/mol. The molecule has 0 radical (unpaired) electrons. The van der Waals surface area contributed by atoms with E-state index in [1.54, 1.807) is 31.2 Å². The van der Waals surface area contributed by atoms with E-state index in [0.29, 0.717) is 34.6 Å². The Morgan fingerprint density at radius 1 is 1.21 bits per heavy atom. The van der Waals surface area contributed by atoms with Crippen LogP contribution in [0.4, 0.5) is 22.0 Å². The van der Waals surface area contributed by atoms with Crippen molar-refractivity contribution >= 4 is 46.7 Å². The summed E-state index contributed by atoms with van der Waals surface area (Å²) < 4.78 is 5.48. The van der Waals surface area contributed by atoms with Gasteiger partial charge in [0, 0.05) is 62.3 Å². The van der Waals surface area contributed by atoms with Crippen molar-refractivity contribution < 1.29 is 9.53 Å². The second kappa shape index (κ2) is 8.03. The van der Waals surface area contributed by atoms with Crippen molar-refractivity contribution in [2.24, 2.45) is 7.05 Å². The number of ether oxygens (including phenoxy) is 1. The largest absolute Gasteiger partial charge is 0.494 e. The Labute approximate surface area is 197 Å². The number of nitrogens with zero attached hydrogens (tertiary/aromatic N) is 6. The molecule has 10 nitrogen and oxygen atoms in total. The average Bonchev–Trinajstić information content (AvgIpc) is 3.21. The molecule has 2 N–H and O–H groups in total. The third-order valence-corrected chi connectivity index (χ3v) is 6.71. The molecule has 1 aromatic carbocycles. The molecule has 2 amide bonds. The van der Waals surface area contributed by atoms with Crippen LogP contribution in [0.2, 0.25) is 0 Å². The number of pyridine rings is 1. The third-order valence-electron chi connectivity index (χ3n) is 6.71. The Bertz CT molecular complexity index is 1220. The lowest BCUT2D eigenvalue weighted by Gasteiger charge is -2.36. The lowest BCUT2D eigenvalue weighted by atomic mass is 10.1. The number of halogens is 1. The molecule has 2 aliphatic heterocycles. The fraction of sp³-hybridized carbons (Fsp3) is 0.455. The molecule has 6 rings (SSSR count). The number of aryl methyl sites for hydroxylation is 1. The van der Waals surface area contributed by atoms with Crippen LogP contribution in [0.15, 0.2) is 24.4 Å². The molecule has 0 unspecified atom stereocenters. The fourth-order valence-corrected chi connectivity index (χ4v) is 4.92. The number of nitrogens with one attached hydrogen (secondary N) is 2. The van der Waals surface area contributed by atoms with Gasteiger partial charge in [-0.2, -0.15) is 15.0 Å². The second-order valence-electron chi connectivity index (χ2n) is 8.82. The van der Waals surface area contributed by atoms with E-state index in [9.17, 15) is 4.79 Å². The predicted molar refractivity (Wildman–Crippen MR) is 129 cm³/mol. The maximum absolute atomic E-state index is 13.2. The van der Waals surface area contributed by atoms with Gasteiger partial charge in [0.1, 0.15) is 22.6 Å². The summed E-state index contributed by atoms with van der Waals surface area (Å²) in [5.41, 5.74) is 4.61. The lowest BCUT2D eigenvalue weighted by Crippen LogP contribution is -2.52. The van der Waals surface area contributed by atoms with Crippen LogP contribution in [0, 0.1) is 0 Å². The van der Waals surface area contributed by atoms with E-state index in [-0.39, 0.29) is 18.4 Å². The van der Waals surface area contributed by atoms with Gasteiger partial charge in [-0.25, -0.2) is 9.78 Å². The van der Waals surface area contributed by atoms with Crippen LogP contribution < -0.4 is 25.2 Å². The van der Waals surface area contributed by atoms with Crippen LogP contribution in [0.25, 0.3) is 11.0 Å². The number of piperazine rings is 1. The summed E-state index contributed by atoms with van der Waals surface area (Å²) in [5.74, 6) is 1.28. The molecule has 33 heavy (non-hydrogen) atoms. The quantitative estimate of drug-likeness (QED) is 0.605. The van der Waals surface area contributed by atoms with Gasteiger partial charge >= 0.3 is 6.03 Å². The van der Waals surface area contributed by atoms with Crippen molar-refractivity contribution in [2.45, 2.75) is 24.8 Å². The zero-order chi connectivity index (χ0) is 21.9. The Balaban J connectivity index is 0.00000228. The van der Waals surface area contributed by atoms with Crippen molar-refractivity contribution in [1.29, 1.82) is 0 Å². The van der Waals surface area contributed by atoms with E-state index in [4.69, 9.17) is 4.74 Å². The molecule has 0 bridgehead atoms. The number of fused-ring (bicyclic) bond motifs is 2. The van der Waals surface area contributed by atoms with Gasteiger partial charge in [-0.1, -0.05) is 0 Å². The molecule has 1 aliphatic carbocycles. The molecule has 0 atom stereocenters. The summed E-state index contributed by atoms with van der Waals surface area (Å²) >= 11 is 0. The van der Waals surface area contributed by atoms with Crippen LogP contribution in [0.3, 0.4) is 0 Å². The lowest BCUT2D eigenvalue weighted by molar-refractivity contribution is 0.257. The highest BCUT2D eigenvalue weighted by atomic mass is 35.5. The number of aromatic nitrogens is 4. The number of methoxy groups -OCH3 is 1. The van der Waals surface area contributed by atoms with Crippen molar-refractivity contribution in [3.63, 3.8) is 0 Å². The van der Waals surface area contributed by atoms with Gasteiger partial charge in [0.25, 0.3) is 0 Å². The number of carbonyl (C=O) groups is 1. The van der Waals surface area contributed by atoms with Crippen molar-refractivity contribution in [3.05, 3.63) is 30.0 Å². The van der Waals surface area contributed by atoms with Crippen LogP contribution in [-0.2, 0) is 13.5 Å². The topological polar surface area (TPSA) is 100 Å². The van der Waals surface area contributed by atoms with E-state index in [2.05, 4.69) is 36.8 Å². The molecule has 3 aliphatic rings. The SMILES string of the molecule is COc1cc2nn(C)nc2cc1NC(=O)N1CCc2c(N3CCNC4(CC4)C3)ccnc21.Cl. The maximum Gasteiger partial charge on any atom is 0.327 e. The van der Waals surface area contributed by atoms with E-state index < -0.39 is 0 Å². The van der Waals surface area contributed by atoms with Crippen molar-refractivity contribution in [3.8, 4) is 5.75 Å². The minimum atomic E-state index is -0.228. The Kier molecular flexibility index (Phi) is 5.29. The first-order valence-electron chi connectivity index (χ1n) is 11.0. The van der Waals surface area contributed by atoms with E-state index >= 15 is 0 Å². The zero-order valence-corrected chi connectivity index (χ0v) is 19.5. The number of carbonyl (C=O) groups excluding carboxylic acids is 1. The van der Waals surface area contributed by atoms with E-state index in [0.717, 1.165) is 37.4 Å². The normalized spacial score (nSPS) is 18.2. The standard InChI is InChI=1S/C22H26N8O2.ClH/c1-28-26-15-11-17(19(32-2)12-16(15)27-28)25-21(31)30-9-4-14-18(3-7-23-20(14)30)29-10-8-24-22(13-29)5-6-22;/h3,7,11-12,24H,4-6,8-10,13H2,1-2H3,(H,25,31);1H. The highest BCUT2D eigenvalue weighted by Gasteiger charge is 2.46.